The second kappa shape index (κ2) is 9.61. The van der Waals surface area contributed by atoms with E-state index in [2.05, 4.69) is 11.4 Å². The first-order valence-corrected chi connectivity index (χ1v) is 11.4. The Hall–Kier alpha value is -3.41. The molecule has 6 heteroatoms. The van der Waals surface area contributed by atoms with Crippen molar-refractivity contribution in [3.63, 3.8) is 0 Å². The fourth-order valence-electron chi connectivity index (χ4n) is 4.51. The summed E-state index contributed by atoms with van der Waals surface area (Å²) in [6.45, 7) is 6.44. The molecule has 0 unspecified atom stereocenters. The Kier molecular flexibility index (Phi) is 6.63. The number of anilines is 1. The van der Waals surface area contributed by atoms with Crippen LogP contribution >= 0.6 is 0 Å². The number of methoxy groups -OCH3 is 2. The molecule has 0 radical (unpaired) electrons. The van der Waals surface area contributed by atoms with Gasteiger partial charge in [0.25, 0.3) is 0 Å². The number of aryl methyl sites for hydroxylation is 3. The van der Waals surface area contributed by atoms with E-state index in [0.29, 0.717) is 23.8 Å². The van der Waals surface area contributed by atoms with Crippen molar-refractivity contribution in [1.29, 1.82) is 0 Å². The van der Waals surface area contributed by atoms with Gasteiger partial charge in [0.1, 0.15) is 28.6 Å². The number of nitrogens with one attached hydrogen (secondary N) is 1. The Morgan fingerprint density at radius 3 is 2.67 bits per heavy atom. The molecule has 0 aliphatic heterocycles. The van der Waals surface area contributed by atoms with Crippen molar-refractivity contribution >= 4 is 28.1 Å². The summed E-state index contributed by atoms with van der Waals surface area (Å²) in [5.74, 6) is 2.79. The number of fused-ring (bicyclic) bond motifs is 3. The SMILES string of the molecule is CCOc1c(/C(C)=C/C(=O)Nc2cc(OC)ccc2OC)cc2c3c(oc2c1C)CCCC3. The van der Waals surface area contributed by atoms with Crippen LogP contribution in [0.25, 0.3) is 16.5 Å². The lowest BCUT2D eigenvalue weighted by atomic mass is 9.93. The number of rotatable bonds is 7. The minimum absolute atomic E-state index is 0.256. The minimum atomic E-state index is -0.256. The summed E-state index contributed by atoms with van der Waals surface area (Å²) in [6.07, 6.45) is 5.91. The summed E-state index contributed by atoms with van der Waals surface area (Å²) in [7, 11) is 3.15. The van der Waals surface area contributed by atoms with Crippen LogP contribution in [0.2, 0.25) is 0 Å². The zero-order valence-corrected chi connectivity index (χ0v) is 20.0. The Balaban J connectivity index is 1.73. The molecule has 1 amide bonds. The molecular formula is C27H31NO5. The number of allylic oxidation sites excluding steroid dienone is 1. The maximum Gasteiger partial charge on any atom is 0.248 e. The largest absolute Gasteiger partial charge is 0.497 e. The lowest BCUT2D eigenvalue weighted by Gasteiger charge is -2.15. The number of furan rings is 1. The predicted molar refractivity (Wildman–Crippen MR) is 131 cm³/mol. The second-order valence-electron chi connectivity index (χ2n) is 8.28. The number of benzene rings is 2. The molecule has 1 heterocycles. The Morgan fingerprint density at radius 2 is 1.94 bits per heavy atom. The number of hydrogen-bond donors (Lipinski definition) is 1. The number of ether oxygens (including phenoxy) is 3. The zero-order valence-electron chi connectivity index (χ0n) is 20.0. The maximum absolute atomic E-state index is 12.9. The molecule has 3 aromatic rings. The molecule has 0 saturated carbocycles. The highest BCUT2D eigenvalue weighted by atomic mass is 16.5. The average Bonchev–Trinajstić information content (AvgIpc) is 3.19. The molecule has 1 N–H and O–H groups in total. The second-order valence-corrected chi connectivity index (χ2v) is 8.28. The Bertz CT molecular complexity index is 1220. The number of hydrogen-bond acceptors (Lipinski definition) is 5. The van der Waals surface area contributed by atoms with Crippen LogP contribution < -0.4 is 19.5 Å². The van der Waals surface area contributed by atoms with Crippen molar-refractivity contribution in [3.05, 3.63) is 52.8 Å². The molecule has 4 rings (SSSR count). The highest BCUT2D eigenvalue weighted by molar-refractivity contribution is 6.05. The van der Waals surface area contributed by atoms with Crippen LogP contribution in [-0.2, 0) is 17.6 Å². The van der Waals surface area contributed by atoms with Gasteiger partial charge in [-0.3, -0.25) is 4.79 Å². The molecule has 1 aliphatic carbocycles. The fraction of sp³-hybridized carbons (Fsp3) is 0.370. The quantitative estimate of drug-likeness (QED) is 0.443. The van der Waals surface area contributed by atoms with Crippen molar-refractivity contribution < 1.29 is 23.4 Å². The molecular weight excluding hydrogens is 418 g/mol. The summed E-state index contributed by atoms with van der Waals surface area (Å²) in [5, 5.41) is 4.03. The van der Waals surface area contributed by atoms with E-state index in [0.717, 1.165) is 58.4 Å². The summed E-state index contributed by atoms with van der Waals surface area (Å²) >= 11 is 0. The van der Waals surface area contributed by atoms with Gasteiger partial charge in [0.15, 0.2) is 0 Å². The number of carbonyl (C=O) groups is 1. The third-order valence-corrected chi connectivity index (χ3v) is 6.15. The van der Waals surface area contributed by atoms with Crippen LogP contribution in [0.3, 0.4) is 0 Å². The lowest BCUT2D eigenvalue weighted by Crippen LogP contribution is -2.10. The first-order chi connectivity index (χ1) is 16.0. The van der Waals surface area contributed by atoms with Crippen LogP contribution in [0, 0.1) is 6.92 Å². The molecule has 174 valence electrons. The normalized spacial score (nSPS) is 13.5. The molecule has 1 aliphatic rings. The number of amides is 1. The van der Waals surface area contributed by atoms with Crippen LogP contribution in [0.1, 0.15) is 49.1 Å². The number of carbonyl (C=O) groups excluding carboxylic acids is 1. The van der Waals surface area contributed by atoms with Crippen LogP contribution in [0.15, 0.2) is 34.8 Å². The van der Waals surface area contributed by atoms with Gasteiger partial charge in [-0.1, -0.05) is 0 Å². The fourth-order valence-corrected chi connectivity index (χ4v) is 4.51. The van der Waals surface area contributed by atoms with Gasteiger partial charge in [-0.25, -0.2) is 0 Å². The summed E-state index contributed by atoms with van der Waals surface area (Å²) in [6, 6.07) is 7.40. The molecule has 0 bridgehead atoms. The zero-order chi connectivity index (χ0) is 23.5. The van der Waals surface area contributed by atoms with Crippen LogP contribution in [0.5, 0.6) is 17.2 Å². The molecule has 2 aromatic carbocycles. The first kappa shape index (κ1) is 22.8. The van der Waals surface area contributed by atoms with Crippen molar-refractivity contribution in [3.8, 4) is 17.2 Å². The van der Waals surface area contributed by atoms with Gasteiger partial charge in [-0.15, -0.1) is 0 Å². The molecule has 0 spiro atoms. The van der Waals surface area contributed by atoms with Gasteiger partial charge in [-0.2, -0.15) is 0 Å². The Labute approximate surface area is 194 Å². The first-order valence-electron chi connectivity index (χ1n) is 11.4. The van der Waals surface area contributed by atoms with E-state index in [9.17, 15) is 4.79 Å². The highest BCUT2D eigenvalue weighted by Crippen LogP contribution is 2.41. The van der Waals surface area contributed by atoms with Crippen molar-refractivity contribution in [1.82, 2.24) is 0 Å². The van der Waals surface area contributed by atoms with Gasteiger partial charge >= 0.3 is 0 Å². The third kappa shape index (κ3) is 4.42. The summed E-state index contributed by atoms with van der Waals surface area (Å²) < 4.78 is 22.9. The van der Waals surface area contributed by atoms with E-state index in [-0.39, 0.29) is 5.91 Å². The van der Waals surface area contributed by atoms with Crippen molar-refractivity contribution in [2.75, 3.05) is 26.1 Å². The minimum Gasteiger partial charge on any atom is -0.497 e. The van der Waals surface area contributed by atoms with Gasteiger partial charge in [0.05, 0.1) is 26.5 Å². The van der Waals surface area contributed by atoms with Gasteiger partial charge < -0.3 is 23.9 Å². The monoisotopic (exact) mass is 449 g/mol. The maximum atomic E-state index is 12.9. The van der Waals surface area contributed by atoms with Gasteiger partial charge in [0.2, 0.25) is 5.91 Å². The average molecular weight is 450 g/mol. The lowest BCUT2D eigenvalue weighted by molar-refractivity contribution is -0.111. The van der Waals surface area contributed by atoms with E-state index < -0.39 is 0 Å². The molecule has 6 nitrogen and oxygen atoms in total. The van der Waals surface area contributed by atoms with Gasteiger partial charge in [0, 0.05) is 40.6 Å². The summed E-state index contributed by atoms with van der Waals surface area (Å²) in [5.41, 5.74) is 5.43. The summed E-state index contributed by atoms with van der Waals surface area (Å²) in [4.78, 5) is 12.9. The topological polar surface area (TPSA) is 69.9 Å². The third-order valence-electron chi connectivity index (χ3n) is 6.15. The van der Waals surface area contributed by atoms with E-state index in [1.807, 2.05) is 20.8 Å². The smallest absolute Gasteiger partial charge is 0.248 e. The highest BCUT2D eigenvalue weighted by Gasteiger charge is 2.23. The standard InChI is InChI=1S/C27H31NO5/c1-6-32-26-17(3)27-21(19-9-7-8-10-23(19)33-27)15-20(26)16(2)13-25(29)28-22-14-18(30-4)11-12-24(22)31-5/h11-15H,6-10H2,1-5H3,(H,28,29)/b16-13+. The van der Waals surface area contributed by atoms with E-state index in [1.54, 1.807) is 38.5 Å². The molecule has 0 fully saturated rings. The van der Waals surface area contributed by atoms with Gasteiger partial charge in [-0.05, 0) is 63.8 Å². The molecule has 33 heavy (non-hydrogen) atoms. The van der Waals surface area contributed by atoms with Crippen molar-refractivity contribution in [2.24, 2.45) is 0 Å². The van der Waals surface area contributed by atoms with E-state index in [4.69, 9.17) is 18.6 Å². The molecule has 1 aromatic heterocycles. The Morgan fingerprint density at radius 1 is 1.15 bits per heavy atom. The molecule has 0 saturated heterocycles. The molecule has 0 atom stereocenters. The van der Waals surface area contributed by atoms with E-state index in [1.165, 1.54) is 12.0 Å². The van der Waals surface area contributed by atoms with E-state index >= 15 is 0 Å². The van der Waals surface area contributed by atoms with Crippen LogP contribution in [-0.4, -0.2) is 26.7 Å². The van der Waals surface area contributed by atoms with Crippen molar-refractivity contribution in [2.45, 2.75) is 46.5 Å². The van der Waals surface area contributed by atoms with Crippen LogP contribution in [0.4, 0.5) is 5.69 Å². The predicted octanol–water partition coefficient (Wildman–Crippen LogP) is 6.08.